The Balaban J connectivity index is 1.80. The quantitative estimate of drug-likeness (QED) is 0.690. The predicted molar refractivity (Wildman–Crippen MR) is 82.3 cm³/mol. The number of nitrogens with one attached hydrogen (secondary N) is 3. The van der Waals surface area contributed by atoms with Gasteiger partial charge in [-0.05, 0) is 30.5 Å². The van der Waals surface area contributed by atoms with Crippen LogP contribution in [0.15, 0.2) is 24.3 Å². The van der Waals surface area contributed by atoms with Crippen molar-refractivity contribution in [2.24, 2.45) is 0 Å². The molecule has 114 valence electrons. The molecule has 1 fully saturated rings. The third-order valence-electron chi connectivity index (χ3n) is 3.68. The van der Waals surface area contributed by atoms with Crippen LogP contribution in [0.5, 0.6) is 0 Å². The van der Waals surface area contributed by atoms with E-state index in [1.54, 1.807) is 0 Å². The van der Waals surface area contributed by atoms with E-state index in [1.807, 2.05) is 12.1 Å². The highest BCUT2D eigenvalue weighted by atomic mass is 16.2. The van der Waals surface area contributed by atoms with E-state index in [0.29, 0.717) is 19.6 Å². The lowest BCUT2D eigenvalue weighted by molar-refractivity contribution is -0.885. The number of quaternary nitrogens is 1. The van der Waals surface area contributed by atoms with Gasteiger partial charge in [-0.3, -0.25) is 9.59 Å². The minimum absolute atomic E-state index is 0.0179. The van der Waals surface area contributed by atoms with Crippen LogP contribution >= 0.6 is 0 Å². The fraction of sp³-hybridized carbons (Fsp3) is 0.500. The molecule has 21 heavy (non-hydrogen) atoms. The number of rotatable bonds is 6. The van der Waals surface area contributed by atoms with E-state index in [4.69, 9.17) is 0 Å². The van der Waals surface area contributed by atoms with Crippen molar-refractivity contribution in [3.63, 3.8) is 0 Å². The van der Waals surface area contributed by atoms with Crippen molar-refractivity contribution in [3.8, 4) is 0 Å². The molecule has 1 atom stereocenters. The van der Waals surface area contributed by atoms with E-state index < -0.39 is 0 Å². The zero-order valence-electron chi connectivity index (χ0n) is 12.6. The van der Waals surface area contributed by atoms with Gasteiger partial charge in [-0.25, -0.2) is 0 Å². The number of benzene rings is 1. The van der Waals surface area contributed by atoms with Gasteiger partial charge in [-0.2, -0.15) is 0 Å². The Bertz CT molecular complexity index is 485. The number of hydrogen-bond acceptors (Lipinski definition) is 2. The Hall–Kier alpha value is -1.88. The van der Waals surface area contributed by atoms with Crippen LogP contribution in [0.25, 0.3) is 0 Å². The fourth-order valence-electron chi connectivity index (χ4n) is 2.48. The van der Waals surface area contributed by atoms with Gasteiger partial charge >= 0.3 is 0 Å². The van der Waals surface area contributed by atoms with Gasteiger partial charge in [0.2, 0.25) is 0 Å². The molecule has 1 heterocycles. The second-order valence-electron chi connectivity index (χ2n) is 5.55. The number of unbranched alkanes of at least 4 members (excludes halogenated alkanes) is 1. The maximum absolute atomic E-state index is 12.0. The number of carbonyl (C=O) groups excluding carboxylic acids is 2. The molecule has 1 unspecified atom stereocenters. The molecule has 0 aromatic heterocycles. The summed E-state index contributed by atoms with van der Waals surface area (Å²) in [6.07, 6.45) is 3.45. The van der Waals surface area contributed by atoms with Crippen LogP contribution in [0.2, 0.25) is 0 Å². The SMILES string of the molecule is CCCCc1ccc(NC(=O)C[NH+]2CCNC(=O)C2)cc1. The first-order chi connectivity index (χ1) is 10.2. The fourth-order valence-corrected chi connectivity index (χ4v) is 2.48. The molecule has 1 aromatic carbocycles. The molecule has 1 aliphatic heterocycles. The lowest BCUT2D eigenvalue weighted by Crippen LogP contribution is -3.16. The lowest BCUT2D eigenvalue weighted by atomic mass is 10.1. The number of piperazine rings is 1. The van der Waals surface area contributed by atoms with Crippen molar-refractivity contribution in [1.82, 2.24) is 5.32 Å². The smallest absolute Gasteiger partial charge is 0.279 e. The van der Waals surface area contributed by atoms with E-state index >= 15 is 0 Å². The average Bonchev–Trinajstić information content (AvgIpc) is 2.46. The van der Waals surface area contributed by atoms with Crippen molar-refractivity contribution >= 4 is 17.5 Å². The number of carbonyl (C=O) groups is 2. The van der Waals surface area contributed by atoms with Gasteiger partial charge in [0.1, 0.15) is 0 Å². The van der Waals surface area contributed by atoms with Crippen LogP contribution in [0.3, 0.4) is 0 Å². The van der Waals surface area contributed by atoms with Crippen LogP contribution in [0.4, 0.5) is 5.69 Å². The minimum atomic E-state index is -0.0407. The van der Waals surface area contributed by atoms with Crippen LogP contribution in [0, 0.1) is 0 Å². The Morgan fingerprint density at radius 1 is 1.33 bits per heavy atom. The monoisotopic (exact) mass is 290 g/mol. The predicted octanol–water partition coefficient (Wildman–Crippen LogP) is -0.0176. The highest BCUT2D eigenvalue weighted by Gasteiger charge is 2.21. The largest absolute Gasteiger partial charge is 0.346 e. The van der Waals surface area contributed by atoms with Gasteiger partial charge in [-0.1, -0.05) is 25.5 Å². The molecule has 3 N–H and O–H groups in total. The molecule has 1 saturated heterocycles. The molecule has 2 rings (SSSR count). The molecule has 0 bridgehead atoms. The van der Waals surface area contributed by atoms with E-state index in [9.17, 15) is 9.59 Å². The van der Waals surface area contributed by atoms with Crippen LogP contribution in [0.1, 0.15) is 25.3 Å². The molecule has 1 aliphatic rings. The van der Waals surface area contributed by atoms with Gasteiger partial charge < -0.3 is 15.5 Å². The highest BCUT2D eigenvalue weighted by molar-refractivity contribution is 5.91. The summed E-state index contributed by atoms with van der Waals surface area (Å²) in [4.78, 5) is 24.3. The lowest BCUT2D eigenvalue weighted by Gasteiger charge is -2.22. The van der Waals surface area contributed by atoms with Gasteiger partial charge in [0.25, 0.3) is 11.8 Å². The van der Waals surface area contributed by atoms with Gasteiger partial charge in [0.15, 0.2) is 13.1 Å². The van der Waals surface area contributed by atoms with Crippen molar-refractivity contribution < 1.29 is 14.5 Å². The zero-order valence-corrected chi connectivity index (χ0v) is 12.6. The second-order valence-corrected chi connectivity index (χ2v) is 5.55. The summed E-state index contributed by atoms with van der Waals surface area (Å²) in [5, 5.41) is 5.66. The van der Waals surface area contributed by atoms with Gasteiger partial charge in [0.05, 0.1) is 13.1 Å². The first-order valence-corrected chi connectivity index (χ1v) is 7.66. The summed E-state index contributed by atoms with van der Waals surface area (Å²) in [6.45, 7) is 4.34. The van der Waals surface area contributed by atoms with Crippen LogP contribution in [-0.4, -0.2) is 38.0 Å². The summed E-state index contributed by atoms with van der Waals surface area (Å²) >= 11 is 0. The first-order valence-electron chi connectivity index (χ1n) is 7.66. The Morgan fingerprint density at radius 2 is 2.10 bits per heavy atom. The maximum Gasteiger partial charge on any atom is 0.279 e. The van der Waals surface area contributed by atoms with Gasteiger partial charge in [0, 0.05) is 5.69 Å². The first kappa shape index (κ1) is 15.5. The number of anilines is 1. The van der Waals surface area contributed by atoms with E-state index in [0.717, 1.165) is 23.6 Å². The van der Waals surface area contributed by atoms with Crippen LogP contribution in [-0.2, 0) is 16.0 Å². The summed E-state index contributed by atoms with van der Waals surface area (Å²) in [5.74, 6) is -0.0228. The Labute approximate surface area is 125 Å². The molecule has 5 nitrogen and oxygen atoms in total. The molecule has 0 spiro atoms. The second kappa shape index (κ2) is 7.78. The topological polar surface area (TPSA) is 62.6 Å². The summed E-state index contributed by atoms with van der Waals surface area (Å²) in [6, 6.07) is 8.02. The van der Waals surface area contributed by atoms with E-state index in [1.165, 1.54) is 18.4 Å². The Morgan fingerprint density at radius 3 is 2.76 bits per heavy atom. The molecule has 1 aromatic rings. The summed E-state index contributed by atoms with van der Waals surface area (Å²) in [5.41, 5.74) is 2.12. The molecule has 5 heteroatoms. The third-order valence-corrected chi connectivity index (χ3v) is 3.68. The molecule has 0 aliphatic carbocycles. The molecule has 2 amide bonds. The van der Waals surface area contributed by atoms with Crippen LogP contribution < -0.4 is 15.5 Å². The minimum Gasteiger partial charge on any atom is -0.346 e. The van der Waals surface area contributed by atoms with Crippen molar-refractivity contribution in [2.45, 2.75) is 26.2 Å². The molecular weight excluding hydrogens is 266 g/mol. The number of amides is 2. The summed E-state index contributed by atoms with van der Waals surface area (Å²) < 4.78 is 0. The standard InChI is InChI=1S/C16H23N3O2/c1-2-3-4-13-5-7-14(8-6-13)18-16(21)12-19-10-9-17-15(20)11-19/h5-8H,2-4,9-12H2,1H3,(H,17,20)(H,18,21)/p+1. The molecular formula is C16H24N3O2+. The highest BCUT2D eigenvalue weighted by Crippen LogP contribution is 2.11. The van der Waals surface area contributed by atoms with Crippen molar-refractivity contribution in [1.29, 1.82) is 0 Å². The zero-order chi connectivity index (χ0) is 15.1. The van der Waals surface area contributed by atoms with Crippen molar-refractivity contribution in [3.05, 3.63) is 29.8 Å². The van der Waals surface area contributed by atoms with Gasteiger partial charge in [-0.15, -0.1) is 0 Å². The van der Waals surface area contributed by atoms with E-state index in [2.05, 4.69) is 29.7 Å². The normalized spacial score (nSPS) is 18.1. The summed E-state index contributed by atoms with van der Waals surface area (Å²) in [7, 11) is 0. The van der Waals surface area contributed by atoms with Crippen molar-refractivity contribution in [2.75, 3.05) is 31.5 Å². The average molecular weight is 290 g/mol. The van der Waals surface area contributed by atoms with E-state index in [-0.39, 0.29) is 11.8 Å². The molecule has 0 saturated carbocycles. The third kappa shape index (κ3) is 5.19. The molecule has 0 radical (unpaired) electrons. The Kier molecular flexibility index (Phi) is 5.75. The number of aryl methyl sites for hydroxylation is 1. The number of hydrogen-bond donors (Lipinski definition) is 3. The maximum atomic E-state index is 12.0.